The van der Waals surface area contributed by atoms with Gasteiger partial charge in [0.15, 0.2) is 0 Å². The maximum atomic E-state index is 12.1. The van der Waals surface area contributed by atoms with Gasteiger partial charge < -0.3 is 10.2 Å². The minimum absolute atomic E-state index is 0.0973. The fourth-order valence-electron chi connectivity index (χ4n) is 2.35. The number of amides is 1. The lowest BCUT2D eigenvalue weighted by molar-refractivity contribution is 0.0781. The first-order chi connectivity index (χ1) is 8.22. The highest BCUT2D eigenvalue weighted by molar-refractivity contribution is 5.95. The lowest BCUT2D eigenvalue weighted by Gasteiger charge is -2.19. The van der Waals surface area contributed by atoms with Crippen molar-refractivity contribution in [1.82, 2.24) is 15.2 Å². The van der Waals surface area contributed by atoms with Gasteiger partial charge in [-0.05, 0) is 44.5 Å². The Morgan fingerprint density at radius 1 is 1.59 bits per heavy atom. The number of hydrogen-bond acceptors (Lipinski definition) is 3. The van der Waals surface area contributed by atoms with Crippen molar-refractivity contribution in [2.45, 2.75) is 12.8 Å². The van der Waals surface area contributed by atoms with Gasteiger partial charge >= 0.3 is 0 Å². The molecule has 1 aromatic heterocycles. The second-order valence-electron chi connectivity index (χ2n) is 4.65. The monoisotopic (exact) mass is 233 g/mol. The maximum Gasteiger partial charge on any atom is 0.255 e. The number of pyridine rings is 1. The predicted octanol–water partition coefficient (Wildman–Crippen LogP) is 0.935. The highest BCUT2D eigenvalue weighted by atomic mass is 16.2. The Morgan fingerprint density at radius 3 is 3.18 bits per heavy atom. The fourth-order valence-corrected chi connectivity index (χ4v) is 2.35. The topological polar surface area (TPSA) is 45.2 Å². The van der Waals surface area contributed by atoms with Gasteiger partial charge in [-0.15, -0.1) is 0 Å². The van der Waals surface area contributed by atoms with Gasteiger partial charge in [-0.3, -0.25) is 9.78 Å². The first kappa shape index (κ1) is 12.0. The lowest BCUT2D eigenvalue weighted by atomic mass is 9.98. The van der Waals surface area contributed by atoms with E-state index in [-0.39, 0.29) is 5.91 Å². The zero-order valence-corrected chi connectivity index (χ0v) is 10.4. The highest BCUT2D eigenvalue weighted by Crippen LogP contribution is 2.21. The molecule has 0 radical (unpaired) electrons. The van der Waals surface area contributed by atoms with E-state index in [0.29, 0.717) is 5.92 Å². The Hall–Kier alpha value is -1.42. The molecule has 0 spiro atoms. The smallest absolute Gasteiger partial charge is 0.255 e. The third-order valence-electron chi connectivity index (χ3n) is 3.28. The zero-order chi connectivity index (χ0) is 12.3. The Balaban J connectivity index is 2.22. The molecule has 1 N–H and O–H groups in total. The van der Waals surface area contributed by atoms with E-state index in [1.807, 2.05) is 31.1 Å². The third-order valence-corrected chi connectivity index (χ3v) is 3.28. The Kier molecular flexibility index (Phi) is 3.74. The Bertz CT molecular complexity index is 405. The van der Waals surface area contributed by atoms with Crippen molar-refractivity contribution in [1.29, 1.82) is 0 Å². The first-order valence-corrected chi connectivity index (χ1v) is 6.06. The van der Waals surface area contributed by atoms with Crippen molar-refractivity contribution in [3.8, 4) is 0 Å². The van der Waals surface area contributed by atoms with Gasteiger partial charge in [-0.1, -0.05) is 0 Å². The standard InChI is InChI=1S/C13H19N3O/c1-14-7-5-10-8-12-11(4-3-6-15-12)13(17)16(2)9-10/h3-4,6,10,14H,5,7-9H2,1-2H3. The molecule has 0 aliphatic carbocycles. The van der Waals surface area contributed by atoms with Gasteiger partial charge in [-0.2, -0.15) is 0 Å². The van der Waals surface area contributed by atoms with Crippen LogP contribution in [0.5, 0.6) is 0 Å². The second kappa shape index (κ2) is 5.27. The van der Waals surface area contributed by atoms with Gasteiger partial charge in [0.05, 0.1) is 11.3 Å². The van der Waals surface area contributed by atoms with E-state index in [4.69, 9.17) is 0 Å². The van der Waals surface area contributed by atoms with Crippen LogP contribution in [0.2, 0.25) is 0 Å². The van der Waals surface area contributed by atoms with Crippen molar-refractivity contribution in [3.05, 3.63) is 29.6 Å². The number of fused-ring (bicyclic) bond motifs is 1. The Labute approximate surface area is 102 Å². The van der Waals surface area contributed by atoms with Gasteiger partial charge in [0, 0.05) is 19.8 Å². The molecule has 4 nitrogen and oxygen atoms in total. The molecule has 1 unspecified atom stereocenters. The van der Waals surface area contributed by atoms with Crippen LogP contribution in [0.4, 0.5) is 0 Å². The van der Waals surface area contributed by atoms with E-state index in [1.165, 1.54) is 0 Å². The summed E-state index contributed by atoms with van der Waals surface area (Å²) in [5.41, 5.74) is 1.71. The van der Waals surface area contributed by atoms with Gasteiger partial charge in [0.1, 0.15) is 0 Å². The van der Waals surface area contributed by atoms with Gasteiger partial charge in [-0.25, -0.2) is 0 Å². The van der Waals surface area contributed by atoms with E-state index < -0.39 is 0 Å². The van der Waals surface area contributed by atoms with Crippen molar-refractivity contribution < 1.29 is 4.79 Å². The van der Waals surface area contributed by atoms with Crippen molar-refractivity contribution in [3.63, 3.8) is 0 Å². The van der Waals surface area contributed by atoms with E-state index in [9.17, 15) is 4.79 Å². The van der Waals surface area contributed by atoms with Crippen LogP contribution in [-0.2, 0) is 6.42 Å². The number of rotatable bonds is 3. The van der Waals surface area contributed by atoms with E-state index in [0.717, 1.165) is 37.2 Å². The van der Waals surface area contributed by atoms with Crippen molar-refractivity contribution >= 4 is 5.91 Å². The van der Waals surface area contributed by atoms with Crippen LogP contribution in [0.1, 0.15) is 22.5 Å². The summed E-state index contributed by atoms with van der Waals surface area (Å²) in [6.07, 6.45) is 3.74. The molecular formula is C13H19N3O. The summed E-state index contributed by atoms with van der Waals surface area (Å²) in [4.78, 5) is 18.3. The molecule has 92 valence electrons. The molecule has 1 aliphatic rings. The van der Waals surface area contributed by atoms with Crippen LogP contribution in [-0.4, -0.2) is 43.0 Å². The van der Waals surface area contributed by atoms with Crippen LogP contribution in [0, 0.1) is 5.92 Å². The second-order valence-corrected chi connectivity index (χ2v) is 4.65. The summed E-state index contributed by atoms with van der Waals surface area (Å²) in [5.74, 6) is 0.590. The molecule has 1 aliphatic heterocycles. The maximum absolute atomic E-state index is 12.1. The highest BCUT2D eigenvalue weighted by Gasteiger charge is 2.25. The molecule has 1 atom stereocenters. The van der Waals surface area contributed by atoms with Crippen LogP contribution in [0.3, 0.4) is 0 Å². The number of hydrogen-bond donors (Lipinski definition) is 1. The SMILES string of the molecule is CNCCC1Cc2ncccc2C(=O)N(C)C1. The molecule has 4 heteroatoms. The van der Waals surface area contributed by atoms with E-state index in [1.54, 1.807) is 6.20 Å². The molecule has 0 bridgehead atoms. The predicted molar refractivity (Wildman–Crippen MR) is 66.9 cm³/mol. The summed E-state index contributed by atoms with van der Waals surface area (Å²) in [6, 6.07) is 3.71. The molecule has 2 rings (SSSR count). The molecule has 17 heavy (non-hydrogen) atoms. The average molecular weight is 233 g/mol. The number of nitrogens with one attached hydrogen (secondary N) is 1. The molecule has 0 saturated carbocycles. The minimum atomic E-state index is 0.0973. The molecular weight excluding hydrogens is 214 g/mol. The molecule has 1 aromatic rings. The quantitative estimate of drug-likeness (QED) is 0.845. The lowest BCUT2D eigenvalue weighted by Crippen LogP contribution is -2.30. The molecule has 0 saturated heterocycles. The van der Waals surface area contributed by atoms with Crippen LogP contribution in [0.25, 0.3) is 0 Å². The number of aromatic nitrogens is 1. The number of carbonyl (C=O) groups is 1. The fraction of sp³-hybridized carbons (Fsp3) is 0.538. The summed E-state index contributed by atoms with van der Waals surface area (Å²) < 4.78 is 0. The first-order valence-electron chi connectivity index (χ1n) is 6.06. The summed E-state index contributed by atoms with van der Waals surface area (Å²) >= 11 is 0. The molecule has 0 fully saturated rings. The molecule has 1 amide bonds. The number of carbonyl (C=O) groups excluding carboxylic acids is 1. The van der Waals surface area contributed by atoms with Crippen LogP contribution in [0.15, 0.2) is 18.3 Å². The van der Waals surface area contributed by atoms with E-state index >= 15 is 0 Å². The zero-order valence-electron chi connectivity index (χ0n) is 10.4. The molecule has 2 heterocycles. The van der Waals surface area contributed by atoms with Crippen LogP contribution < -0.4 is 5.32 Å². The third kappa shape index (κ3) is 2.64. The largest absolute Gasteiger partial charge is 0.341 e. The normalized spacial score (nSPS) is 20.0. The summed E-state index contributed by atoms with van der Waals surface area (Å²) in [6.45, 7) is 1.80. The van der Waals surface area contributed by atoms with Gasteiger partial charge in [0.25, 0.3) is 5.91 Å². The Morgan fingerprint density at radius 2 is 2.41 bits per heavy atom. The van der Waals surface area contributed by atoms with Crippen molar-refractivity contribution in [2.75, 3.05) is 27.2 Å². The van der Waals surface area contributed by atoms with Crippen LogP contribution >= 0.6 is 0 Å². The average Bonchev–Trinajstić information content (AvgIpc) is 2.46. The minimum Gasteiger partial charge on any atom is -0.341 e. The van der Waals surface area contributed by atoms with E-state index in [2.05, 4.69) is 10.3 Å². The summed E-state index contributed by atoms with van der Waals surface area (Å²) in [7, 11) is 3.83. The molecule has 0 aromatic carbocycles. The summed E-state index contributed by atoms with van der Waals surface area (Å²) in [5, 5.41) is 3.16. The van der Waals surface area contributed by atoms with Crippen molar-refractivity contribution in [2.24, 2.45) is 5.92 Å². The number of nitrogens with zero attached hydrogens (tertiary/aromatic N) is 2. The van der Waals surface area contributed by atoms with Gasteiger partial charge in [0.2, 0.25) is 0 Å².